The van der Waals surface area contributed by atoms with Crippen molar-refractivity contribution in [1.82, 2.24) is 20.3 Å². The zero-order chi connectivity index (χ0) is 17.2. The van der Waals surface area contributed by atoms with Crippen molar-refractivity contribution >= 4 is 22.5 Å². The SMILES string of the molecule is C=CC(=O)NC1CCC=C(c2ncnc3[nH]cc(-c4ccoc4)c23)C1. The Balaban J connectivity index is 1.74. The molecule has 0 bridgehead atoms. The summed E-state index contributed by atoms with van der Waals surface area (Å²) >= 11 is 0. The monoisotopic (exact) mass is 334 g/mol. The zero-order valence-electron chi connectivity index (χ0n) is 13.7. The van der Waals surface area contributed by atoms with Gasteiger partial charge in [-0.1, -0.05) is 12.7 Å². The Bertz CT molecular complexity index is 953. The number of aromatic amines is 1. The van der Waals surface area contributed by atoms with E-state index >= 15 is 0 Å². The van der Waals surface area contributed by atoms with Gasteiger partial charge < -0.3 is 14.7 Å². The zero-order valence-corrected chi connectivity index (χ0v) is 13.7. The van der Waals surface area contributed by atoms with Gasteiger partial charge in [0.05, 0.1) is 23.6 Å². The van der Waals surface area contributed by atoms with Crippen LogP contribution in [0.25, 0.3) is 27.7 Å². The van der Waals surface area contributed by atoms with E-state index in [1.54, 1.807) is 18.9 Å². The fraction of sp³-hybridized carbons (Fsp3) is 0.211. The van der Waals surface area contributed by atoms with Gasteiger partial charge in [-0.2, -0.15) is 0 Å². The van der Waals surface area contributed by atoms with Crippen molar-refractivity contribution in [3.8, 4) is 11.1 Å². The summed E-state index contributed by atoms with van der Waals surface area (Å²) in [7, 11) is 0. The molecule has 0 aliphatic heterocycles. The molecule has 6 heteroatoms. The van der Waals surface area contributed by atoms with E-state index in [0.717, 1.165) is 52.7 Å². The first-order chi connectivity index (χ1) is 12.3. The smallest absolute Gasteiger partial charge is 0.243 e. The topological polar surface area (TPSA) is 83.8 Å². The predicted molar refractivity (Wildman–Crippen MR) is 95.5 cm³/mol. The van der Waals surface area contributed by atoms with E-state index in [1.807, 2.05) is 12.3 Å². The van der Waals surface area contributed by atoms with Crippen LogP contribution in [0.1, 0.15) is 25.0 Å². The number of allylic oxidation sites excluding steroid dienone is 1. The van der Waals surface area contributed by atoms with Crippen molar-refractivity contribution in [3.63, 3.8) is 0 Å². The van der Waals surface area contributed by atoms with Gasteiger partial charge in [0.15, 0.2) is 0 Å². The number of rotatable bonds is 4. The van der Waals surface area contributed by atoms with Crippen LogP contribution in [0.15, 0.2) is 54.3 Å². The maximum Gasteiger partial charge on any atom is 0.243 e. The number of fused-ring (bicyclic) bond motifs is 1. The summed E-state index contributed by atoms with van der Waals surface area (Å²) in [6, 6.07) is 2.01. The average Bonchev–Trinajstić information content (AvgIpc) is 3.30. The van der Waals surface area contributed by atoms with Crippen molar-refractivity contribution in [3.05, 3.63) is 55.5 Å². The fourth-order valence-electron chi connectivity index (χ4n) is 3.34. The van der Waals surface area contributed by atoms with E-state index in [9.17, 15) is 4.79 Å². The number of H-pyrrole nitrogens is 1. The van der Waals surface area contributed by atoms with E-state index in [2.05, 4.69) is 32.9 Å². The number of furan rings is 1. The Morgan fingerprint density at radius 1 is 1.44 bits per heavy atom. The minimum absolute atomic E-state index is 0.0897. The first-order valence-electron chi connectivity index (χ1n) is 8.23. The second-order valence-corrected chi connectivity index (χ2v) is 6.08. The van der Waals surface area contributed by atoms with Gasteiger partial charge in [0.2, 0.25) is 5.91 Å². The van der Waals surface area contributed by atoms with Crippen LogP contribution >= 0.6 is 0 Å². The normalized spacial score (nSPS) is 17.3. The summed E-state index contributed by atoms with van der Waals surface area (Å²) in [5, 5.41) is 3.97. The third-order valence-corrected chi connectivity index (χ3v) is 4.51. The highest BCUT2D eigenvalue weighted by Gasteiger charge is 2.22. The van der Waals surface area contributed by atoms with Crippen LogP contribution < -0.4 is 5.32 Å². The molecule has 0 fully saturated rings. The molecule has 3 heterocycles. The van der Waals surface area contributed by atoms with Gasteiger partial charge in [0.25, 0.3) is 0 Å². The Labute approximate surface area is 144 Å². The molecule has 1 unspecified atom stereocenters. The molecular formula is C19H18N4O2. The summed E-state index contributed by atoms with van der Waals surface area (Å²) in [6.07, 6.45) is 12.9. The molecule has 0 spiro atoms. The molecule has 0 radical (unpaired) electrons. The maximum atomic E-state index is 11.6. The van der Waals surface area contributed by atoms with Crippen molar-refractivity contribution in [1.29, 1.82) is 0 Å². The quantitative estimate of drug-likeness (QED) is 0.716. The van der Waals surface area contributed by atoms with Crippen LogP contribution in [0.2, 0.25) is 0 Å². The van der Waals surface area contributed by atoms with Gasteiger partial charge in [-0.05, 0) is 37.0 Å². The molecule has 126 valence electrons. The Morgan fingerprint density at radius 3 is 3.16 bits per heavy atom. The van der Waals surface area contributed by atoms with E-state index in [4.69, 9.17) is 4.42 Å². The third-order valence-electron chi connectivity index (χ3n) is 4.51. The lowest BCUT2D eigenvalue weighted by Gasteiger charge is -2.23. The number of nitrogens with zero attached hydrogens (tertiary/aromatic N) is 2. The summed E-state index contributed by atoms with van der Waals surface area (Å²) in [4.78, 5) is 23.7. The van der Waals surface area contributed by atoms with Crippen LogP contribution in [-0.4, -0.2) is 26.9 Å². The summed E-state index contributed by atoms with van der Waals surface area (Å²) in [5.41, 5.74) is 4.81. The second kappa shape index (κ2) is 6.39. The number of amides is 1. The Kier molecular flexibility index (Phi) is 3.93. The molecule has 1 aliphatic rings. The molecule has 1 atom stereocenters. The molecule has 2 N–H and O–H groups in total. The number of carbonyl (C=O) groups excluding carboxylic acids is 1. The predicted octanol–water partition coefficient (Wildman–Crippen LogP) is 3.46. The first kappa shape index (κ1) is 15.4. The number of hydrogen-bond donors (Lipinski definition) is 2. The number of hydrogen-bond acceptors (Lipinski definition) is 4. The van der Waals surface area contributed by atoms with Crippen LogP contribution in [-0.2, 0) is 4.79 Å². The van der Waals surface area contributed by atoms with Crippen LogP contribution in [0.3, 0.4) is 0 Å². The average molecular weight is 334 g/mol. The Hall–Kier alpha value is -3.15. The number of aromatic nitrogens is 3. The van der Waals surface area contributed by atoms with E-state index in [0.29, 0.717) is 0 Å². The Morgan fingerprint density at radius 2 is 2.36 bits per heavy atom. The van der Waals surface area contributed by atoms with Gasteiger partial charge in [0.1, 0.15) is 12.0 Å². The van der Waals surface area contributed by atoms with Gasteiger partial charge in [0, 0.05) is 23.4 Å². The number of carbonyl (C=O) groups is 1. The maximum absolute atomic E-state index is 11.6. The first-order valence-corrected chi connectivity index (χ1v) is 8.23. The minimum Gasteiger partial charge on any atom is -0.472 e. The highest BCUT2D eigenvalue weighted by molar-refractivity contribution is 6.00. The lowest BCUT2D eigenvalue weighted by Crippen LogP contribution is -2.34. The molecule has 3 aromatic heterocycles. The molecule has 0 saturated heterocycles. The minimum atomic E-state index is -0.139. The third kappa shape index (κ3) is 2.87. The molecule has 3 aromatic rings. The van der Waals surface area contributed by atoms with E-state index < -0.39 is 0 Å². The molecule has 25 heavy (non-hydrogen) atoms. The van der Waals surface area contributed by atoms with E-state index in [1.165, 1.54) is 6.08 Å². The molecule has 4 rings (SSSR count). The van der Waals surface area contributed by atoms with Gasteiger partial charge in [-0.25, -0.2) is 9.97 Å². The van der Waals surface area contributed by atoms with Gasteiger partial charge >= 0.3 is 0 Å². The molecule has 1 aliphatic carbocycles. The molecule has 0 saturated carbocycles. The lowest BCUT2D eigenvalue weighted by molar-refractivity contribution is -0.117. The lowest BCUT2D eigenvalue weighted by atomic mass is 9.90. The van der Waals surface area contributed by atoms with Crippen LogP contribution in [0.4, 0.5) is 0 Å². The second-order valence-electron chi connectivity index (χ2n) is 6.08. The van der Waals surface area contributed by atoms with Crippen molar-refractivity contribution in [2.24, 2.45) is 0 Å². The summed E-state index contributed by atoms with van der Waals surface area (Å²) in [5.74, 6) is -0.139. The van der Waals surface area contributed by atoms with Crippen molar-refractivity contribution in [2.45, 2.75) is 25.3 Å². The molecular weight excluding hydrogens is 316 g/mol. The summed E-state index contributed by atoms with van der Waals surface area (Å²) in [6.45, 7) is 3.52. The van der Waals surface area contributed by atoms with Crippen LogP contribution in [0, 0.1) is 0 Å². The number of nitrogens with one attached hydrogen (secondary N) is 2. The summed E-state index contributed by atoms with van der Waals surface area (Å²) < 4.78 is 5.22. The highest BCUT2D eigenvalue weighted by atomic mass is 16.3. The molecule has 0 aromatic carbocycles. The van der Waals surface area contributed by atoms with Gasteiger partial charge in [-0.15, -0.1) is 0 Å². The fourth-order valence-corrected chi connectivity index (χ4v) is 3.34. The van der Waals surface area contributed by atoms with Crippen LogP contribution in [0.5, 0.6) is 0 Å². The van der Waals surface area contributed by atoms with Crippen molar-refractivity contribution < 1.29 is 9.21 Å². The van der Waals surface area contributed by atoms with Gasteiger partial charge in [-0.3, -0.25) is 4.79 Å². The molecule has 6 nitrogen and oxygen atoms in total. The largest absolute Gasteiger partial charge is 0.472 e. The van der Waals surface area contributed by atoms with Crippen molar-refractivity contribution in [2.75, 3.05) is 0 Å². The highest BCUT2D eigenvalue weighted by Crippen LogP contribution is 2.35. The standard InChI is InChI=1S/C19H18N4O2/c1-2-16(24)23-14-5-3-4-12(8-14)18-17-15(13-6-7-25-10-13)9-20-19(17)22-11-21-18/h2,4,6-7,9-11,14H,1,3,5,8H2,(H,23,24)(H,20,21,22). The van der Waals surface area contributed by atoms with E-state index in [-0.39, 0.29) is 11.9 Å². The molecule has 1 amide bonds.